The minimum absolute atomic E-state index is 0.240. The lowest BCUT2D eigenvalue weighted by molar-refractivity contribution is -0.0369. The lowest BCUT2D eigenvalue weighted by Crippen LogP contribution is -2.48. The molecule has 1 aromatic heterocycles. The van der Waals surface area contributed by atoms with Crippen LogP contribution in [0.5, 0.6) is 11.5 Å². The van der Waals surface area contributed by atoms with Crippen molar-refractivity contribution >= 4 is 22.4 Å². The van der Waals surface area contributed by atoms with Crippen LogP contribution in [-0.4, -0.2) is 85.5 Å². The number of nitrogens with one attached hydrogen (secondary N) is 1. The van der Waals surface area contributed by atoms with Gasteiger partial charge in [-0.3, -0.25) is 9.80 Å². The summed E-state index contributed by atoms with van der Waals surface area (Å²) in [7, 11) is 3.81. The molecule has 0 bridgehead atoms. The first-order chi connectivity index (χ1) is 17.0. The molecular weight excluding hydrogens is 449 g/mol. The summed E-state index contributed by atoms with van der Waals surface area (Å²) in [5, 5.41) is 4.08. The van der Waals surface area contributed by atoms with Gasteiger partial charge in [-0.15, -0.1) is 0 Å². The molecule has 2 saturated heterocycles. The Balaban J connectivity index is 1.26. The first kappa shape index (κ1) is 23.7. The average Bonchev–Trinajstić information content (AvgIpc) is 3.28. The molecule has 0 unspecified atom stereocenters. The number of hydrogen-bond donors (Lipinski definition) is 1. The molecule has 186 valence electrons. The van der Waals surface area contributed by atoms with E-state index in [2.05, 4.69) is 32.1 Å². The van der Waals surface area contributed by atoms with E-state index in [-0.39, 0.29) is 5.82 Å². The van der Waals surface area contributed by atoms with Gasteiger partial charge in [0.2, 0.25) is 0 Å². The second-order valence-corrected chi connectivity index (χ2v) is 9.25. The van der Waals surface area contributed by atoms with E-state index in [0.717, 1.165) is 55.8 Å². The summed E-state index contributed by atoms with van der Waals surface area (Å²) < 4.78 is 31.3. The van der Waals surface area contributed by atoms with Gasteiger partial charge in [-0.2, -0.15) is 0 Å². The summed E-state index contributed by atoms with van der Waals surface area (Å²) in [6, 6.07) is 9.13. The van der Waals surface area contributed by atoms with Crippen LogP contribution in [0.1, 0.15) is 12.0 Å². The molecule has 9 heteroatoms. The molecule has 1 N–H and O–H groups in total. The number of anilines is 2. The summed E-state index contributed by atoms with van der Waals surface area (Å²) in [5.74, 6) is 1.65. The molecule has 8 nitrogen and oxygen atoms in total. The number of rotatable bonds is 8. The largest absolute Gasteiger partial charge is 0.493 e. The van der Waals surface area contributed by atoms with Gasteiger partial charge < -0.3 is 19.5 Å². The molecule has 2 aliphatic heterocycles. The van der Waals surface area contributed by atoms with Crippen LogP contribution >= 0.6 is 0 Å². The van der Waals surface area contributed by atoms with Gasteiger partial charge in [-0.1, -0.05) is 0 Å². The SMILES string of the molecule is COc1cc2ncnc(Nc3ccc(F)c(C)c3)c2cc1OCCCN1C[C@@H]2[C@@H](C1)OCCN2C. The fourth-order valence-electron chi connectivity index (χ4n) is 4.88. The maximum atomic E-state index is 13.7. The number of hydrogen-bond acceptors (Lipinski definition) is 8. The number of benzene rings is 2. The average molecular weight is 482 g/mol. The monoisotopic (exact) mass is 481 g/mol. The van der Waals surface area contributed by atoms with Crippen molar-refractivity contribution in [2.24, 2.45) is 0 Å². The van der Waals surface area contributed by atoms with Gasteiger partial charge in [0.05, 0.1) is 31.9 Å². The van der Waals surface area contributed by atoms with Crippen molar-refractivity contribution in [1.29, 1.82) is 0 Å². The number of aromatic nitrogens is 2. The Morgan fingerprint density at radius 2 is 2.06 bits per heavy atom. The summed E-state index contributed by atoms with van der Waals surface area (Å²) in [6.45, 7) is 7.09. The molecule has 0 amide bonds. The molecule has 2 aliphatic rings. The summed E-state index contributed by atoms with van der Waals surface area (Å²) in [6.07, 6.45) is 2.71. The van der Waals surface area contributed by atoms with Gasteiger partial charge in [0.15, 0.2) is 11.5 Å². The van der Waals surface area contributed by atoms with E-state index in [9.17, 15) is 4.39 Å². The number of morpholine rings is 1. The van der Waals surface area contributed by atoms with E-state index in [4.69, 9.17) is 14.2 Å². The zero-order valence-electron chi connectivity index (χ0n) is 20.5. The van der Waals surface area contributed by atoms with E-state index >= 15 is 0 Å². The quantitative estimate of drug-likeness (QED) is 0.490. The Morgan fingerprint density at radius 1 is 1.17 bits per heavy atom. The minimum Gasteiger partial charge on any atom is -0.493 e. The highest BCUT2D eigenvalue weighted by Gasteiger charge is 2.38. The van der Waals surface area contributed by atoms with E-state index in [1.54, 1.807) is 26.2 Å². The highest BCUT2D eigenvalue weighted by atomic mass is 19.1. The van der Waals surface area contributed by atoms with Crippen LogP contribution < -0.4 is 14.8 Å². The molecule has 0 spiro atoms. The molecule has 5 rings (SSSR count). The topological polar surface area (TPSA) is 72.0 Å². The molecule has 35 heavy (non-hydrogen) atoms. The second-order valence-electron chi connectivity index (χ2n) is 9.25. The number of likely N-dealkylation sites (N-methyl/N-ethyl adjacent to an activating group) is 1. The van der Waals surface area contributed by atoms with E-state index in [0.29, 0.717) is 41.6 Å². The standard InChI is InChI=1S/C26H32FN5O3/c1-17-11-18(5-6-20(17)27)30-26-19-12-24(23(33-3)13-21(19)28-16-29-26)34-9-4-7-32-14-22-25(15-32)35-10-8-31(22)2/h5-6,11-13,16,22,25H,4,7-10,14-15H2,1-3H3,(H,28,29,30)/t22-,25-/m1/s1. The van der Waals surface area contributed by atoms with Crippen molar-refractivity contribution in [2.45, 2.75) is 25.5 Å². The van der Waals surface area contributed by atoms with Crippen LogP contribution in [0.15, 0.2) is 36.7 Å². The van der Waals surface area contributed by atoms with Crippen molar-refractivity contribution in [3.63, 3.8) is 0 Å². The normalized spacial score (nSPS) is 20.7. The molecule has 2 fully saturated rings. The summed E-state index contributed by atoms with van der Waals surface area (Å²) >= 11 is 0. The van der Waals surface area contributed by atoms with Crippen LogP contribution in [0.2, 0.25) is 0 Å². The van der Waals surface area contributed by atoms with Crippen molar-refractivity contribution in [1.82, 2.24) is 19.8 Å². The third-order valence-corrected chi connectivity index (χ3v) is 6.87. The maximum Gasteiger partial charge on any atom is 0.162 e. The van der Waals surface area contributed by atoms with E-state index in [1.807, 2.05) is 12.1 Å². The van der Waals surface area contributed by atoms with Crippen molar-refractivity contribution < 1.29 is 18.6 Å². The Kier molecular flexibility index (Phi) is 6.99. The van der Waals surface area contributed by atoms with Crippen molar-refractivity contribution in [3.05, 3.63) is 48.0 Å². The number of methoxy groups -OCH3 is 1. The Bertz CT molecular complexity index is 1190. The molecule has 0 saturated carbocycles. The molecule has 2 atom stereocenters. The third-order valence-electron chi connectivity index (χ3n) is 6.87. The maximum absolute atomic E-state index is 13.7. The van der Waals surface area contributed by atoms with Gasteiger partial charge in [0.1, 0.15) is 18.0 Å². The first-order valence-electron chi connectivity index (χ1n) is 12.0. The van der Waals surface area contributed by atoms with Crippen LogP contribution in [0.3, 0.4) is 0 Å². The van der Waals surface area contributed by atoms with Crippen molar-refractivity contribution in [3.8, 4) is 11.5 Å². The Morgan fingerprint density at radius 3 is 2.86 bits per heavy atom. The summed E-state index contributed by atoms with van der Waals surface area (Å²) in [5.41, 5.74) is 2.05. The molecular formula is C26H32FN5O3. The highest BCUT2D eigenvalue weighted by Crippen LogP contribution is 2.35. The molecule has 3 aromatic rings. The number of halogens is 1. The fourth-order valence-corrected chi connectivity index (χ4v) is 4.88. The predicted octanol–water partition coefficient (Wildman–Crippen LogP) is 3.61. The Labute approximate surface area is 205 Å². The Hall–Kier alpha value is -3.01. The lowest BCUT2D eigenvalue weighted by atomic mass is 10.1. The number of nitrogens with zero attached hydrogens (tertiary/aromatic N) is 4. The molecule has 2 aromatic carbocycles. The van der Waals surface area contributed by atoms with Crippen molar-refractivity contribution in [2.75, 3.05) is 58.9 Å². The number of ether oxygens (including phenoxy) is 3. The highest BCUT2D eigenvalue weighted by molar-refractivity contribution is 5.93. The zero-order chi connectivity index (χ0) is 24.4. The van der Waals surface area contributed by atoms with Gasteiger partial charge >= 0.3 is 0 Å². The summed E-state index contributed by atoms with van der Waals surface area (Å²) in [4.78, 5) is 13.7. The number of aryl methyl sites for hydroxylation is 1. The third kappa shape index (κ3) is 5.17. The van der Waals surface area contributed by atoms with E-state index < -0.39 is 0 Å². The van der Waals surface area contributed by atoms with Gasteiger partial charge in [0, 0.05) is 49.4 Å². The smallest absolute Gasteiger partial charge is 0.162 e. The fraction of sp³-hybridized carbons (Fsp3) is 0.462. The second kappa shape index (κ2) is 10.3. The number of likely N-dealkylation sites (tertiary alicyclic amines) is 1. The van der Waals surface area contributed by atoms with Crippen LogP contribution in [-0.2, 0) is 4.74 Å². The van der Waals surface area contributed by atoms with Gasteiger partial charge in [0.25, 0.3) is 0 Å². The minimum atomic E-state index is -0.240. The zero-order valence-corrected chi connectivity index (χ0v) is 20.5. The molecule has 3 heterocycles. The van der Waals surface area contributed by atoms with Crippen LogP contribution in [0.4, 0.5) is 15.9 Å². The predicted molar refractivity (Wildman–Crippen MR) is 133 cm³/mol. The van der Waals surface area contributed by atoms with Crippen LogP contribution in [0, 0.1) is 12.7 Å². The van der Waals surface area contributed by atoms with E-state index in [1.165, 1.54) is 12.4 Å². The van der Waals surface area contributed by atoms with Gasteiger partial charge in [-0.25, -0.2) is 14.4 Å². The van der Waals surface area contributed by atoms with Crippen LogP contribution in [0.25, 0.3) is 10.9 Å². The first-order valence-corrected chi connectivity index (χ1v) is 12.0. The molecule has 0 radical (unpaired) electrons. The van der Waals surface area contributed by atoms with Gasteiger partial charge in [-0.05, 0) is 50.2 Å². The number of fused-ring (bicyclic) bond motifs is 2. The lowest BCUT2D eigenvalue weighted by Gasteiger charge is -2.33. The molecule has 0 aliphatic carbocycles.